The maximum absolute atomic E-state index is 11.2. The van der Waals surface area contributed by atoms with E-state index < -0.39 is 12.6 Å². The molecule has 1 radical (unpaired) electrons. The van der Waals surface area contributed by atoms with Gasteiger partial charge in [-0.3, -0.25) is 0 Å². The molecule has 55 valence electrons. The van der Waals surface area contributed by atoms with Gasteiger partial charge in [-0.2, -0.15) is 20.2 Å². The van der Waals surface area contributed by atoms with Crippen LogP contribution in [0.5, 0.6) is 0 Å². The molecule has 9 heavy (non-hydrogen) atoms. The molecular weight excluding hydrogens is 170 g/mol. The van der Waals surface area contributed by atoms with Crippen LogP contribution in [0.4, 0.5) is 13.2 Å². The number of hydrogen-bond acceptors (Lipinski definition) is 0. The summed E-state index contributed by atoms with van der Waals surface area (Å²) in [5, 5.41) is 3.30. The zero-order chi connectivity index (χ0) is 6.62. The fraction of sp³-hybridized carbons (Fsp3) is 1.00. The Hall–Kier alpha value is 0.334. The van der Waals surface area contributed by atoms with Gasteiger partial charge in [-0.05, 0) is 0 Å². The summed E-state index contributed by atoms with van der Waals surface area (Å²) < 4.78 is 33.5. The number of hydrogen-bond donors (Lipinski definition) is 0. The molecule has 0 unspecified atom stereocenters. The smallest absolute Gasteiger partial charge is 0.387 e. The molecule has 0 heterocycles. The molecule has 0 fully saturated rings. The molecule has 0 aromatic carbocycles. The Kier molecular flexibility index (Phi) is 6.89. The Morgan fingerprint density at radius 1 is 1.33 bits per heavy atom. The van der Waals surface area contributed by atoms with Gasteiger partial charge in [-0.1, -0.05) is 0 Å². The fourth-order valence-electron chi connectivity index (χ4n) is 0.239. The van der Waals surface area contributed by atoms with Crippen molar-refractivity contribution < 1.29 is 31.7 Å². The molecule has 5 heteroatoms. The van der Waals surface area contributed by atoms with Crippen LogP contribution in [0.3, 0.4) is 0 Å². The van der Waals surface area contributed by atoms with E-state index in [1.165, 1.54) is 7.05 Å². The third-order valence-corrected chi connectivity index (χ3v) is 0.619. The van der Waals surface area contributed by atoms with Gasteiger partial charge in [-0.25, -0.2) is 0 Å². The standard InChI is InChI=1S/C4H7F3N.V/c1-8-3-2-4(5,6)7;/h2-3H2,1H3;/q-1;. The van der Waals surface area contributed by atoms with E-state index in [9.17, 15) is 13.2 Å². The molecule has 1 nitrogen and oxygen atoms in total. The third-order valence-electron chi connectivity index (χ3n) is 0.619. The second-order valence-corrected chi connectivity index (χ2v) is 1.41. The molecule has 0 saturated heterocycles. The van der Waals surface area contributed by atoms with Crippen LogP contribution in [0.15, 0.2) is 0 Å². The van der Waals surface area contributed by atoms with Gasteiger partial charge in [0.05, 0.1) is 0 Å². The van der Waals surface area contributed by atoms with Gasteiger partial charge in [0.1, 0.15) is 0 Å². The van der Waals surface area contributed by atoms with Crippen molar-refractivity contribution in [2.75, 3.05) is 13.6 Å². The average Bonchev–Trinajstić information content (AvgIpc) is 1.59. The van der Waals surface area contributed by atoms with Gasteiger partial charge in [-0.15, -0.1) is 6.54 Å². The second kappa shape index (κ2) is 5.15. The molecule has 0 atom stereocenters. The summed E-state index contributed by atoms with van der Waals surface area (Å²) in [4.78, 5) is 0. The Labute approximate surface area is 63.9 Å². The molecule has 0 N–H and O–H groups in total. The van der Waals surface area contributed by atoms with Crippen molar-refractivity contribution in [2.24, 2.45) is 0 Å². The van der Waals surface area contributed by atoms with Crippen molar-refractivity contribution in [3.05, 3.63) is 5.32 Å². The molecule has 0 aliphatic carbocycles. The normalized spacial score (nSPS) is 10.7. The second-order valence-electron chi connectivity index (χ2n) is 1.41. The summed E-state index contributed by atoms with van der Waals surface area (Å²) in [5.41, 5.74) is 0. The van der Waals surface area contributed by atoms with E-state index in [1.54, 1.807) is 0 Å². The summed E-state index contributed by atoms with van der Waals surface area (Å²) in [7, 11) is 1.37. The average molecular weight is 177 g/mol. The molecule has 0 aromatic heterocycles. The molecule has 0 aliphatic heterocycles. The Morgan fingerprint density at radius 2 is 1.78 bits per heavy atom. The predicted molar refractivity (Wildman–Crippen MR) is 24.8 cm³/mol. The van der Waals surface area contributed by atoms with E-state index >= 15 is 0 Å². The van der Waals surface area contributed by atoms with Gasteiger partial charge in [0.25, 0.3) is 0 Å². The van der Waals surface area contributed by atoms with Crippen molar-refractivity contribution in [3.8, 4) is 0 Å². The fourth-order valence-corrected chi connectivity index (χ4v) is 0.239. The summed E-state index contributed by atoms with van der Waals surface area (Å²) in [6.45, 7) is -0.122. The monoisotopic (exact) mass is 177 g/mol. The summed E-state index contributed by atoms with van der Waals surface area (Å²) in [6.07, 6.45) is -4.84. The molecule has 0 aromatic rings. The quantitative estimate of drug-likeness (QED) is 0.611. The first-order valence-corrected chi connectivity index (χ1v) is 2.18. The van der Waals surface area contributed by atoms with Crippen molar-refractivity contribution in [1.82, 2.24) is 0 Å². The maximum atomic E-state index is 11.2. The SMILES string of the molecule is C[N-]CCC(F)(F)F.[V]. The molecule has 0 bridgehead atoms. The third kappa shape index (κ3) is 11.8. The van der Waals surface area contributed by atoms with Crippen molar-refractivity contribution >= 4 is 0 Å². The maximum Gasteiger partial charge on any atom is 0.387 e. The van der Waals surface area contributed by atoms with Crippen LogP contribution in [0, 0.1) is 0 Å². The molecule has 0 aliphatic rings. The summed E-state index contributed by atoms with van der Waals surface area (Å²) in [5.74, 6) is 0. The van der Waals surface area contributed by atoms with Gasteiger partial charge < -0.3 is 5.32 Å². The number of rotatable bonds is 2. The largest absolute Gasteiger partial charge is 0.665 e. The van der Waals surface area contributed by atoms with Crippen molar-refractivity contribution in [2.45, 2.75) is 12.6 Å². The van der Waals surface area contributed by atoms with Gasteiger partial charge in [0.15, 0.2) is 0 Å². The van der Waals surface area contributed by atoms with E-state index in [1.807, 2.05) is 0 Å². The first-order chi connectivity index (χ1) is 3.56. The minimum atomic E-state index is -4.04. The van der Waals surface area contributed by atoms with Gasteiger partial charge in [0, 0.05) is 25.0 Å². The van der Waals surface area contributed by atoms with Crippen LogP contribution < -0.4 is 0 Å². The molecule has 0 rings (SSSR count). The minimum absolute atomic E-state index is 0. The summed E-state index contributed by atoms with van der Waals surface area (Å²) in [6, 6.07) is 0. The van der Waals surface area contributed by atoms with Crippen molar-refractivity contribution in [1.29, 1.82) is 0 Å². The number of nitrogens with zero attached hydrogens (tertiary/aromatic N) is 1. The van der Waals surface area contributed by atoms with Crippen LogP contribution in [0.1, 0.15) is 6.42 Å². The first kappa shape index (κ1) is 12.1. The Morgan fingerprint density at radius 3 is 1.89 bits per heavy atom. The molecule has 0 amide bonds. The number of alkyl halides is 3. The number of halogens is 3. The van der Waals surface area contributed by atoms with Crippen molar-refractivity contribution in [3.63, 3.8) is 0 Å². The molecule has 0 spiro atoms. The van der Waals surface area contributed by atoms with E-state index in [0.29, 0.717) is 0 Å². The Bertz CT molecular complexity index is 63.3. The van der Waals surface area contributed by atoms with Crippen LogP contribution in [-0.2, 0) is 18.6 Å². The van der Waals surface area contributed by atoms with Gasteiger partial charge in [0.2, 0.25) is 0 Å². The predicted octanol–water partition coefficient (Wildman–Crippen LogP) is 1.94. The van der Waals surface area contributed by atoms with Crippen LogP contribution in [0.25, 0.3) is 5.32 Å². The molecule has 0 saturated carbocycles. The van der Waals surface area contributed by atoms with E-state index in [-0.39, 0.29) is 25.1 Å². The first-order valence-electron chi connectivity index (χ1n) is 2.18. The summed E-state index contributed by atoms with van der Waals surface area (Å²) >= 11 is 0. The van der Waals surface area contributed by atoms with Crippen LogP contribution in [-0.4, -0.2) is 19.8 Å². The van der Waals surface area contributed by atoms with E-state index in [4.69, 9.17) is 0 Å². The zero-order valence-corrected chi connectivity index (χ0v) is 6.34. The minimum Gasteiger partial charge on any atom is -0.665 e. The Balaban J connectivity index is 0. The van der Waals surface area contributed by atoms with Gasteiger partial charge >= 0.3 is 6.18 Å². The van der Waals surface area contributed by atoms with Crippen LogP contribution >= 0.6 is 0 Å². The zero-order valence-electron chi connectivity index (χ0n) is 4.94. The van der Waals surface area contributed by atoms with Crippen LogP contribution in [0.2, 0.25) is 0 Å². The van der Waals surface area contributed by atoms with E-state index in [0.717, 1.165) is 0 Å². The topological polar surface area (TPSA) is 14.1 Å². The van der Waals surface area contributed by atoms with E-state index in [2.05, 4.69) is 5.32 Å². The molecular formula is C4H7F3NV-.